The number of nitriles is 1. The van der Waals surface area contributed by atoms with Gasteiger partial charge in [0.15, 0.2) is 5.82 Å². The summed E-state index contributed by atoms with van der Waals surface area (Å²) < 4.78 is 11.4. The third-order valence-corrected chi connectivity index (χ3v) is 5.73. The van der Waals surface area contributed by atoms with E-state index < -0.39 is 0 Å². The molecule has 2 heterocycles. The lowest BCUT2D eigenvalue weighted by Crippen LogP contribution is -2.05. The van der Waals surface area contributed by atoms with Crippen LogP contribution in [0.3, 0.4) is 0 Å². The van der Waals surface area contributed by atoms with Crippen molar-refractivity contribution in [3.63, 3.8) is 0 Å². The van der Waals surface area contributed by atoms with Crippen LogP contribution >= 0.6 is 0 Å². The lowest BCUT2D eigenvalue weighted by Gasteiger charge is -2.13. The minimum Gasteiger partial charge on any atom is -0.461 e. The Bertz CT molecular complexity index is 1210. The van der Waals surface area contributed by atoms with E-state index >= 15 is 0 Å². The molecule has 31 heavy (non-hydrogen) atoms. The lowest BCUT2D eigenvalue weighted by atomic mass is 9.91. The van der Waals surface area contributed by atoms with Crippen LogP contribution in [-0.2, 0) is 0 Å². The third-order valence-electron chi connectivity index (χ3n) is 5.73. The summed E-state index contributed by atoms with van der Waals surface area (Å²) in [5.74, 6) is 3.24. The van der Waals surface area contributed by atoms with Gasteiger partial charge in [-0.1, -0.05) is 72.7 Å². The maximum atomic E-state index is 9.71. The van der Waals surface area contributed by atoms with Crippen LogP contribution in [0.2, 0.25) is 0 Å². The molecule has 152 valence electrons. The van der Waals surface area contributed by atoms with Gasteiger partial charge in [-0.3, -0.25) is 0 Å². The molecule has 0 amide bonds. The first-order valence-corrected chi connectivity index (χ1v) is 10.4. The Hall–Kier alpha value is -3.91. The summed E-state index contributed by atoms with van der Waals surface area (Å²) in [6, 6.07) is 26.1. The molecule has 5 rings (SSSR count). The number of rotatable bonds is 6. The van der Waals surface area contributed by atoms with Gasteiger partial charge in [0.2, 0.25) is 0 Å². The van der Waals surface area contributed by atoms with Crippen LogP contribution in [0, 0.1) is 17.2 Å². The van der Waals surface area contributed by atoms with Gasteiger partial charge in [-0.05, 0) is 35.6 Å². The van der Waals surface area contributed by atoms with Gasteiger partial charge in [0.1, 0.15) is 23.2 Å². The summed E-state index contributed by atoms with van der Waals surface area (Å²) in [5, 5.41) is 13.9. The molecule has 0 bridgehead atoms. The standard InChI is InChI=1S/C26H21N3O2/c1-17-14-22(17)23-13-12-21(30-23)15-20(16-27)26-28-25(29-31-26)24(18-8-4-2-5-9-18)19-10-6-3-7-11-19/h2-13,15,17,22,24H,14H2,1H3/b20-15+/t17-,22+/m0/s1. The highest BCUT2D eigenvalue weighted by Crippen LogP contribution is 2.47. The zero-order valence-electron chi connectivity index (χ0n) is 17.1. The van der Waals surface area contributed by atoms with Crippen LogP contribution in [0.1, 0.15) is 59.5 Å². The molecule has 5 heteroatoms. The zero-order valence-corrected chi connectivity index (χ0v) is 17.1. The summed E-state index contributed by atoms with van der Waals surface area (Å²) in [6.45, 7) is 2.21. The molecule has 0 aliphatic heterocycles. The number of benzene rings is 2. The third kappa shape index (κ3) is 3.93. The van der Waals surface area contributed by atoms with Gasteiger partial charge in [-0.25, -0.2) is 0 Å². The summed E-state index contributed by atoms with van der Waals surface area (Å²) in [5.41, 5.74) is 2.39. The molecule has 1 saturated carbocycles. The van der Waals surface area contributed by atoms with Crippen LogP contribution in [0.15, 0.2) is 81.7 Å². The summed E-state index contributed by atoms with van der Waals surface area (Å²) >= 11 is 0. The Balaban J connectivity index is 1.48. The number of allylic oxidation sites excluding steroid dienone is 1. The average molecular weight is 407 g/mol. The molecule has 0 N–H and O–H groups in total. The van der Waals surface area contributed by atoms with Crippen molar-refractivity contribution >= 4 is 11.6 Å². The Labute approximate surface area is 180 Å². The van der Waals surface area contributed by atoms with Crippen molar-refractivity contribution < 1.29 is 8.94 Å². The van der Waals surface area contributed by atoms with Crippen LogP contribution < -0.4 is 0 Å². The summed E-state index contributed by atoms with van der Waals surface area (Å²) in [6.07, 6.45) is 2.81. The van der Waals surface area contributed by atoms with E-state index in [0.717, 1.165) is 23.3 Å². The second kappa shape index (κ2) is 8.08. The lowest BCUT2D eigenvalue weighted by molar-refractivity contribution is 0.400. The minimum atomic E-state index is -0.189. The Morgan fingerprint density at radius 2 is 1.68 bits per heavy atom. The SMILES string of the molecule is C[C@H]1C[C@H]1c1ccc(/C=C(\C#N)c2nc(C(c3ccccc3)c3ccccc3)no2)o1. The van der Waals surface area contributed by atoms with Crippen LogP contribution in [0.4, 0.5) is 0 Å². The first-order chi connectivity index (χ1) is 15.2. The smallest absolute Gasteiger partial charge is 0.268 e. The van der Waals surface area contributed by atoms with Gasteiger partial charge in [-0.2, -0.15) is 10.2 Å². The zero-order chi connectivity index (χ0) is 21.2. The highest BCUT2D eigenvalue weighted by atomic mass is 16.5. The van der Waals surface area contributed by atoms with E-state index in [4.69, 9.17) is 8.94 Å². The molecule has 1 aliphatic rings. The monoisotopic (exact) mass is 407 g/mol. The molecule has 5 nitrogen and oxygen atoms in total. The molecule has 1 fully saturated rings. The maximum Gasteiger partial charge on any atom is 0.268 e. The first kappa shape index (κ1) is 19.1. The molecule has 1 aliphatic carbocycles. The van der Waals surface area contributed by atoms with E-state index in [9.17, 15) is 5.26 Å². The summed E-state index contributed by atoms with van der Waals surface area (Å²) in [7, 11) is 0. The minimum absolute atomic E-state index is 0.187. The highest BCUT2D eigenvalue weighted by Gasteiger charge is 2.36. The number of furan rings is 1. The predicted octanol–water partition coefficient (Wildman–Crippen LogP) is 6.03. The number of hydrogen-bond donors (Lipinski definition) is 0. The molecule has 2 aromatic carbocycles. The number of hydrogen-bond acceptors (Lipinski definition) is 5. The van der Waals surface area contributed by atoms with Crippen molar-refractivity contribution in [3.8, 4) is 6.07 Å². The van der Waals surface area contributed by atoms with Crippen molar-refractivity contribution in [1.29, 1.82) is 5.26 Å². The van der Waals surface area contributed by atoms with Gasteiger partial charge in [0.05, 0.1) is 5.92 Å². The maximum absolute atomic E-state index is 9.71. The fourth-order valence-corrected chi connectivity index (χ4v) is 3.89. The van der Waals surface area contributed by atoms with E-state index in [2.05, 4.69) is 23.1 Å². The highest BCUT2D eigenvalue weighted by molar-refractivity contribution is 5.85. The van der Waals surface area contributed by atoms with Crippen molar-refractivity contribution in [2.24, 2.45) is 5.92 Å². The van der Waals surface area contributed by atoms with Crippen molar-refractivity contribution in [1.82, 2.24) is 10.1 Å². The van der Waals surface area contributed by atoms with E-state index in [1.165, 1.54) is 0 Å². The fourth-order valence-electron chi connectivity index (χ4n) is 3.89. The van der Waals surface area contributed by atoms with Gasteiger partial charge >= 0.3 is 0 Å². The van der Waals surface area contributed by atoms with Gasteiger partial charge in [-0.15, -0.1) is 0 Å². The van der Waals surface area contributed by atoms with E-state index in [1.54, 1.807) is 6.08 Å². The fraction of sp³-hybridized carbons (Fsp3) is 0.192. The first-order valence-electron chi connectivity index (χ1n) is 10.4. The molecule has 2 atom stereocenters. The van der Waals surface area contributed by atoms with Crippen molar-refractivity contribution in [3.05, 3.63) is 107 Å². The molecular formula is C26H21N3O2. The van der Waals surface area contributed by atoms with Gasteiger partial charge in [0, 0.05) is 12.0 Å². The van der Waals surface area contributed by atoms with Gasteiger partial charge < -0.3 is 8.94 Å². The normalized spacial score (nSPS) is 18.2. The van der Waals surface area contributed by atoms with E-state index in [-0.39, 0.29) is 17.4 Å². The molecule has 2 aromatic heterocycles. The second-order valence-electron chi connectivity index (χ2n) is 7.94. The topological polar surface area (TPSA) is 75.8 Å². The van der Waals surface area contributed by atoms with E-state index in [0.29, 0.717) is 23.4 Å². The molecule has 0 saturated heterocycles. The quantitative estimate of drug-likeness (QED) is 0.365. The van der Waals surface area contributed by atoms with E-state index in [1.807, 2.05) is 72.8 Å². The average Bonchev–Trinajstić information content (AvgIpc) is 3.18. The Morgan fingerprint density at radius 3 is 2.26 bits per heavy atom. The molecule has 0 spiro atoms. The summed E-state index contributed by atoms with van der Waals surface area (Å²) in [4.78, 5) is 4.59. The second-order valence-corrected chi connectivity index (χ2v) is 7.94. The largest absolute Gasteiger partial charge is 0.461 e. The van der Waals surface area contributed by atoms with Crippen LogP contribution in [0.5, 0.6) is 0 Å². The van der Waals surface area contributed by atoms with Crippen LogP contribution in [0.25, 0.3) is 11.6 Å². The van der Waals surface area contributed by atoms with Crippen molar-refractivity contribution in [2.75, 3.05) is 0 Å². The Kier molecular flexibility index (Phi) is 4.97. The Morgan fingerprint density at radius 1 is 1.03 bits per heavy atom. The molecule has 4 aromatic rings. The molecular weight excluding hydrogens is 386 g/mol. The molecule has 0 unspecified atom stereocenters. The van der Waals surface area contributed by atoms with Crippen molar-refractivity contribution in [2.45, 2.75) is 25.2 Å². The molecule has 0 radical (unpaired) electrons. The van der Waals surface area contributed by atoms with Gasteiger partial charge in [0.25, 0.3) is 5.89 Å². The predicted molar refractivity (Wildman–Crippen MR) is 117 cm³/mol. The van der Waals surface area contributed by atoms with Crippen LogP contribution in [-0.4, -0.2) is 10.1 Å². The number of aromatic nitrogens is 2. The number of nitrogens with zero attached hydrogens (tertiary/aromatic N) is 3.